The van der Waals surface area contributed by atoms with Gasteiger partial charge in [0.2, 0.25) is 5.91 Å². The molecule has 0 atom stereocenters. The van der Waals surface area contributed by atoms with Crippen molar-refractivity contribution in [1.82, 2.24) is 5.32 Å². The van der Waals surface area contributed by atoms with Crippen molar-refractivity contribution in [2.45, 2.75) is 39.2 Å². The van der Waals surface area contributed by atoms with Gasteiger partial charge in [-0.25, -0.2) is 0 Å². The fraction of sp³-hybridized carbons (Fsp3) is 0.500. The first-order chi connectivity index (χ1) is 8.56. The zero-order valence-corrected chi connectivity index (χ0v) is 12.3. The van der Waals surface area contributed by atoms with Gasteiger partial charge in [0.1, 0.15) is 5.75 Å². The summed E-state index contributed by atoms with van der Waals surface area (Å²) in [6.07, 6.45) is 2.67. The monoisotopic (exact) mass is 311 g/mol. The van der Waals surface area contributed by atoms with Crippen LogP contribution in [0.25, 0.3) is 0 Å². The largest absolute Gasteiger partial charge is 0.493 e. The van der Waals surface area contributed by atoms with Crippen molar-refractivity contribution in [3.8, 4) is 5.75 Å². The molecule has 1 N–H and O–H groups in total. The highest BCUT2D eigenvalue weighted by Crippen LogP contribution is 2.26. The Hall–Kier alpha value is -1.03. The van der Waals surface area contributed by atoms with Crippen molar-refractivity contribution in [3.63, 3.8) is 0 Å². The van der Waals surface area contributed by atoms with Crippen LogP contribution < -0.4 is 10.1 Å². The summed E-state index contributed by atoms with van der Waals surface area (Å²) in [5.74, 6) is 0.912. The molecule has 0 unspecified atom stereocenters. The van der Waals surface area contributed by atoms with E-state index in [-0.39, 0.29) is 5.91 Å². The number of aryl methyl sites for hydroxylation is 2. The van der Waals surface area contributed by atoms with E-state index in [4.69, 9.17) is 4.74 Å². The molecule has 1 amide bonds. The smallest absolute Gasteiger partial charge is 0.223 e. The third-order valence-corrected chi connectivity index (χ3v) is 4.20. The number of hydrogen-bond donors (Lipinski definition) is 1. The lowest BCUT2D eigenvalue weighted by Gasteiger charge is -2.10. The molecule has 0 spiro atoms. The highest BCUT2D eigenvalue weighted by molar-refractivity contribution is 9.10. The summed E-state index contributed by atoms with van der Waals surface area (Å²) in [7, 11) is 0. The minimum atomic E-state index is 0.0862. The second kappa shape index (κ2) is 5.74. The molecular weight excluding hydrogens is 294 g/mol. The molecular formula is C14H18BrNO2. The molecule has 1 saturated carbocycles. The fourth-order valence-electron chi connectivity index (χ4n) is 1.78. The molecule has 0 bridgehead atoms. The fourth-order valence-corrected chi connectivity index (χ4v) is 2.01. The van der Waals surface area contributed by atoms with Crippen molar-refractivity contribution < 1.29 is 9.53 Å². The van der Waals surface area contributed by atoms with Gasteiger partial charge in [-0.05, 0) is 49.9 Å². The highest BCUT2D eigenvalue weighted by Gasteiger charge is 2.22. The normalized spacial score (nSPS) is 14.4. The minimum absolute atomic E-state index is 0.0862. The highest BCUT2D eigenvalue weighted by atomic mass is 79.9. The van der Waals surface area contributed by atoms with Crippen LogP contribution in [0.5, 0.6) is 5.75 Å². The summed E-state index contributed by atoms with van der Waals surface area (Å²) >= 11 is 3.52. The van der Waals surface area contributed by atoms with Gasteiger partial charge >= 0.3 is 0 Å². The predicted octanol–water partition coefficient (Wildman–Crippen LogP) is 3.11. The molecule has 98 valence electrons. The first-order valence-corrected chi connectivity index (χ1v) is 7.04. The minimum Gasteiger partial charge on any atom is -0.493 e. The van der Waals surface area contributed by atoms with Crippen molar-refractivity contribution in [2.75, 3.05) is 6.61 Å². The van der Waals surface area contributed by atoms with Crippen LogP contribution in [0.3, 0.4) is 0 Å². The lowest BCUT2D eigenvalue weighted by Crippen LogP contribution is -2.26. The number of rotatable bonds is 5. The second-order valence-electron chi connectivity index (χ2n) is 4.81. The van der Waals surface area contributed by atoms with E-state index in [9.17, 15) is 4.79 Å². The predicted molar refractivity (Wildman–Crippen MR) is 74.9 cm³/mol. The summed E-state index contributed by atoms with van der Waals surface area (Å²) in [5, 5.41) is 2.95. The molecule has 2 rings (SSSR count). The van der Waals surface area contributed by atoms with Gasteiger partial charge in [-0.2, -0.15) is 0 Å². The lowest BCUT2D eigenvalue weighted by molar-refractivity contribution is -0.121. The standard InChI is InChI=1S/C14H18BrNO2/c1-9-7-12(8-10(2)14(9)15)18-6-5-13(17)16-11-3-4-11/h7-8,11H,3-6H2,1-2H3,(H,16,17). The van der Waals surface area contributed by atoms with Crippen LogP contribution in [-0.2, 0) is 4.79 Å². The molecule has 1 aromatic carbocycles. The Morgan fingerprint density at radius 3 is 2.56 bits per heavy atom. The summed E-state index contributed by atoms with van der Waals surface area (Å²) in [6.45, 7) is 4.49. The van der Waals surface area contributed by atoms with Crippen molar-refractivity contribution >= 4 is 21.8 Å². The Morgan fingerprint density at radius 1 is 1.39 bits per heavy atom. The molecule has 4 heteroatoms. The maximum Gasteiger partial charge on any atom is 0.223 e. The number of benzene rings is 1. The van der Waals surface area contributed by atoms with Crippen molar-refractivity contribution in [2.24, 2.45) is 0 Å². The second-order valence-corrected chi connectivity index (χ2v) is 5.60. The van der Waals surface area contributed by atoms with E-state index in [1.165, 1.54) is 0 Å². The SMILES string of the molecule is Cc1cc(OCCC(=O)NC2CC2)cc(C)c1Br. The zero-order chi connectivity index (χ0) is 13.1. The molecule has 18 heavy (non-hydrogen) atoms. The third kappa shape index (κ3) is 3.73. The summed E-state index contributed by atoms with van der Waals surface area (Å²) < 4.78 is 6.73. The molecule has 1 aliphatic carbocycles. The van der Waals surface area contributed by atoms with Crippen LogP contribution in [0.1, 0.15) is 30.4 Å². The van der Waals surface area contributed by atoms with Crippen molar-refractivity contribution in [3.05, 3.63) is 27.7 Å². The zero-order valence-electron chi connectivity index (χ0n) is 10.8. The first-order valence-electron chi connectivity index (χ1n) is 6.25. The Bertz CT molecular complexity index is 432. The van der Waals surface area contributed by atoms with E-state index in [0.717, 1.165) is 34.2 Å². The summed E-state index contributed by atoms with van der Waals surface area (Å²) in [5.41, 5.74) is 2.29. The molecule has 1 fully saturated rings. The maximum atomic E-state index is 11.5. The topological polar surface area (TPSA) is 38.3 Å². The molecule has 0 radical (unpaired) electrons. The third-order valence-electron chi connectivity index (χ3n) is 2.95. The Labute approximate surface area is 116 Å². The van der Waals surface area contributed by atoms with Gasteiger partial charge < -0.3 is 10.1 Å². The molecule has 0 heterocycles. The van der Waals surface area contributed by atoms with Gasteiger partial charge in [-0.3, -0.25) is 4.79 Å². The lowest BCUT2D eigenvalue weighted by atomic mass is 10.1. The number of hydrogen-bond acceptors (Lipinski definition) is 2. The van der Waals surface area contributed by atoms with E-state index in [1.54, 1.807) is 0 Å². The summed E-state index contributed by atoms with van der Waals surface area (Å²) in [4.78, 5) is 11.5. The number of nitrogens with one attached hydrogen (secondary N) is 1. The van der Waals surface area contributed by atoms with Crippen LogP contribution >= 0.6 is 15.9 Å². The Balaban J connectivity index is 1.80. The van der Waals surface area contributed by atoms with E-state index in [2.05, 4.69) is 21.2 Å². The molecule has 0 aliphatic heterocycles. The van der Waals surface area contributed by atoms with E-state index < -0.39 is 0 Å². The van der Waals surface area contributed by atoms with Gasteiger partial charge in [-0.15, -0.1) is 0 Å². The number of carbonyl (C=O) groups excluding carboxylic acids is 1. The number of ether oxygens (including phenoxy) is 1. The van der Waals surface area contributed by atoms with Crippen LogP contribution in [0.2, 0.25) is 0 Å². The first kappa shape index (κ1) is 13.4. The maximum absolute atomic E-state index is 11.5. The molecule has 0 aromatic heterocycles. The average molecular weight is 312 g/mol. The molecule has 0 saturated heterocycles. The summed E-state index contributed by atoms with van der Waals surface area (Å²) in [6, 6.07) is 4.39. The van der Waals surface area contributed by atoms with Crippen LogP contribution in [0.15, 0.2) is 16.6 Å². The quantitative estimate of drug-likeness (QED) is 0.907. The van der Waals surface area contributed by atoms with E-state index in [0.29, 0.717) is 19.1 Å². The van der Waals surface area contributed by atoms with Gasteiger partial charge in [0.05, 0.1) is 13.0 Å². The Morgan fingerprint density at radius 2 is 2.00 bits per heavy atom. The van der Waals surface area contributed by atoms with Crippen LogP contribution in [0, 0.1) is 13.8 Å². The van der Waals surface area contributed by atoms with E-state index in [1.807, 2.05) is 26.0 Å². The number of carbonyl (C=O) groups is 1. The average Bonchev–Trinajstić information content (AvgIpc) is 3.09. The molecule has 1 aromatic rings. The van der Waals surface area contributed by atoms with Gasteiger partial charge in [0.15, 0.2) is 0 Å². The van der Waals surface area contributed by atoms with Gasteiger partial charge in [-0.1, -0.05) is 15.9 Å². The number of halogens is 1. The number of amides is 1. The van der Waals surface area contributed by atoms with Crippen LogP contribution in [-0.4, -0.2) is 18.6 Å². The van der Waals surface area contributed by atoms with Crippen molar-refractivity contribution in [1.29, 1.82) is 0 Å². The van der Waals surface area contributed by atoms with E-state index >= 15 is 0 Å². The molecule has 3 nitrogen and oxygen atoms in total. The Kier molecular flexibility index (Phi) is 4.27. The van der Waals surface area contributed by atoms with Crippen LogP contribution in [0.4, 0.5) is 0 Å². The molecule has 1 aliphatic rings. The van der Waals surface area contributed by atoms with Gasteiger partial charge in [0, 0.05) is 10.5 Å². The van der Waals surface area contributed by atoms with Gasteiger partial charge in [0.25, 0.3) is 0 Å².